The summed E-state index contributed by atoms with van der Waals surface area (Å²) in [4.78, 5) is 8.93. The van der Waals surface area contributed by atoms with Gasteiger partial charge in [-0.1, -0.05) is 0 Å². The standard InChI is InChI=1S/CH3O2P.3Na.3H/c2-1-3-4;;;;;;/h1H,4H2;;;;;;/q;3*+1;3*-1. The third kappa shape index (κ3) is 27.9. The van der Waals surface area contributed by atoms with Gasteiger partial charge in [0.1, 0.15) is 0 Å². The Morgan fingerprint density at radius 2 is 1.57 bits per heavy atom. The molecule has 0 aromatic carbocycles. The fourth-order valence-electron chi connectivity index (χ4n) is 0. The quantitative estimate of drug-likeness (QED) is 0.211. The first-order valence-corrected chi connectivity index (χ1v) is 1.18. The number of hydrogen-bond acceptors (Lipinski definition) is 2. The molecule has 0 bridgehead atoms. The molecular formula is CH6Na3O2P. The minimum absolute atomic E-state index is 0. The second-order valence-electron chi connectivity index (χ2n) is 0.232. The zero-order valence-corrected chi connectivity index (χ0v) is 12.1. The summed E-state index contributed by atoms with van der Waals surface area (Å²) in [5, 5.41) is 0. The Balaban J connectivity index is -0.00000000300. The van der Waals surface area contributed by atoms with Gasteiger partial charge >= 0.3 is 88.7 Å². The van der Waals surface area contributed by atoms with E-state index >= 15 is 0 Å². The second kappa shape index (κ2) is 23.1. The number of carbonyl (C=O) groups is 1. The first kappa shape index (κ1) is 22.5. The van der Waals surface area contributed by atoms with Crippen molar-refractivity contribution in [3.63, 3.8) is 0 Å². The topological polar surface area (TPSA) is 26.3 Å². The van der Waals surface area contributed by atoms with Crippen molar-refractivity contribution < 1.29 is 102 Å². The maximum atomic E-state index is 8.93. The van der Waals surface area contributed by atoms with Gasteiger partial charge in [-0.05, 0) is 0 Å². The largest absolute Gasteiger partial charge is 1.00 e. The van der Waals surface area contributed by atoms with E-state index < -0.39 is 0 Å². The van der Waals surface area contributed by atoms with E-state index in [-0.39, 0.29) is 93.0 Å². The van der Waals surface area contributed by atoms with Gasteiger partial charge in [-0.15, -0.1) is 0 Å². The van der Waals surface area contributed by atoms with E-state index in [1.54, 1.807) is 9.47 Å². The Bertz CT molecular complexity index is 35.7. The maximum absolute atomic E-state index is 8.93. The predicted molar refractivity (Wildman–Crippen MR) is 20.2 cm³/mol. The van der Waals surface area contributed by atoms with Gasteiger partial charge in [0.25, 0.3) is 6.47 Å². The van der Waals surface area contributed by atoms with E-state index in [4.69, 9.17) is 4.79 Å². The molecule has 1 unspecified atom stereocenters. The smallest absolute Gasteiger partial charge is 1.00 e. The molecule has 30 valence electrons. The first-order chi connectivity index (χ1) is 1.91. The number of carbonyl (C=O) groups excluding carboxylic acids is 1. The minimum atomic E-state index is 0. The van der Waals surface area contributed by atoms with Crippen molar-refractivity contribution in [3.8, 4) is 0 Å². The molecule has 0 amide bonds. The van der Waals surface area contributed by atoms with Crippen LogP contribution in [-0.4, -0.2) is 6.47 Å². The molecule has 0 saturated carbocycles. The van der Waals surface area contributed by atoms with Crippen molar-refractivity contribution >= 4 is 15.9 Å². The molecule has 0 spiro atoms. The van der Waals surface area contributed by atoms with E-state index in [1.165, 1.54) is 0 Å². The molecule has 0 fully saturated rings. The Hall–Kier alpha value is 2.90. The van der Waals surface area contributed by atoms with Gasteiger partial charge in [0.05, 0.1) is 9.47 Å². The average molecular weight is 150 g/mol. The van der Waals surface area contributed by atoms with Gasteiger partial charge in [0.15, 0.2) is 0 Å². The van der Waals surface area contributed by atoms with Crippen LogP contribution in [0.2, 0.25) is 0 Å². The van der Waals surface area contributed by atoms with Crippen molar-refractivity contribution in [2.45, 2.75) is 0 Å². The van der Waals surface area contributed by atoms with Crippen LogP contribution >= 0.6 is 9.47 Å². The van der Waals surface area contributed by atoms with Gasteiger partial charge in [-0.25, -0.2) is 0 Å². The summed E-state index contributed by atoms with van der Waals surface area (Å²) in [6.45, 7) is 0.338. The fourth-order valence-corrected chi connectivity index (χ4v) is 0. The molecule has 7 heavy (non-hydrogen) atoms. The van der Waals surface area contributed by atoms with E-state index in [1.807, 2.05) is 0 Å². The molecule has 6 heteroatoms. The summed E-state index contributed by atoms with van der Waals surface area (Å²) >= 11 is 0. The maximum Gasteiger partial charge on any atom is 1.00 e. The van der Waals surface area contributed by atoms with Crippen molar-refractivity contribution in [2.24, 2.45) is 0 Å². The monoisotopic (exact) mass is 150 g/mol. The van der Waals surface area contributed by atoms with Gasteiger partial charge in [0, 0.05) is 0 Å². The number of hydrogen-bond donors (Lipinski definition) is 0. The van der Waals surface area contributed by atoms with Crippen LogP contribution in [0.5, 0.6) is 0 Å². The molecule has 0 aromatic rings. The molecule has 0 aliphatic rings. The summed E-state index contributed by atoms with van der Waals surface area (Å²) in [5.74, 6) is 0. The summed E-state index contributed by atoms with van der Waals surface area (Å²) < 4.78 is 3.78. The van der Waals surface area contributed by atoms with Crippen LogP contribution in [0.25, 0.3) is 0 Å². The second-order valence-corrected chi connectivity index (χ2v) is 0.504. The van der Waals surface area contributed by atoms with Crippen LogP contribution in [0.3, 0.4) is 0 Å². The molecule has 0 aliphatic carbocycles. The van der Waals surface area contributed by atoms with Gasteiger partial charge in [-0.3, -0.25) is 4.79 Å². The first-order valence-electron chi connectivity index (χ1n) is 0.707. The Morgan fingerprint density at radius 3 is 1.57 bits per heavy atom. The average Bonchev–Trinajstić information content (AvgIpc) is 1.37. The number of rotatable bonds is 1. The Kier molecular flexibility index (Phi) is 74.5. The molecule has 0 rings (SSSR count). The fraction of sp³-hybridized carbons (Fsp3) is 0. The molecule has 0 aromatic heterocycles. The van der Waals surface area contributed by atoms with Crippen molar-refractivity contribution in [1.29, 1.82) is 0 Å². The van der Waals surface area contributed by atoms with Crippen molar-refractivity contribution in [2.75, 3.05) is 0 Å². The van der Waals surface area contributed by atoms with Crippen LogP contribution in [0.1, 0.15) is 4.28 Å². The summed E-state index contributed by atoms with van der Waals surface area (Å²) in [5.41, 5.74) is 0. The normalized spacial score (nSPS) is 3.00. The molecule has 0 N–H and O–H groups in total. The van der Waals surface area contributed by atoms with Crippen LogP contribution in [0, 0.1) is 0 Å². The van der Waals surface area contributed by atoms with Crippen molar-refractivity contribution in [3.05, 3.63) is 0 Å². The molecule has 1 atom stereocenters. The molecule has 0 heterocycles. The Labute approximate surface area is 116 Å². The van der Waals surface area contributed by atoms with Crippen LogP contribution in [-0.2, 0) is 9.32 Å². The predicted octanol–water partition coefficient (Wildman–Crippen LogP) is -8.70. The van der Waals surface area contributed by atoms with Gasteiger partial charge < -0.3 is 8.80 Å². The van der Waals surface area contributed by atoms with Crippen LogP contribution in [0.15, 0.2) is 0 Å². The summed E-state index contributed by atoms with van der Waals surface area (Å²) in [6, 6.07) is 0. The van der Waals surface area contributed by atoms with E-state index in [0.717, 1.165) is 0 Å². The summed E-state index contributed by atoms with van der Waals surface area (Å²) in [7, 11) is 1.79. The molecular weight excluding hydrogens is 144 g/mol. The molecule has 2 nitrogen and oxygen atoms in total. The molecule has 0 saturated heterocycles. The van der Waals surface area contributed by atoms with Crippen LogP contribution < -0.4 is 88.7 Å². The minimum Gasteiger partial charge on any atom is -1.00 e. The third-order valence-corrected chi connectivity index (χ3v) is 0.167. The van der Waals surface area contributed by atoms with E-state index in [2.05, 4.69) is 4.52 Å². The Morgan fingerprint density at radius 1 is 1.43 bits per heavy atom. The van der Waals surface area contributed by atoms with Crippen LogP contribution in [0.4, 0.5) is 0 Å². The molecule has 0 radical (unpaired) electrons. The van der Waals surface area contributed by atoms with Crippen molar-refractivity contribution in [1.82, 2.24) is 0 Å². The zero-order valence-electron chi connectivity index (χ0n) is 7.97. The van der Waals surface area contributed by atoms with E-state index in [9.17, 15) is 0 Å². The van der Waals surface area contributed by atoms with Gasteiger partial charge in [0.2, 0.25) is 0 Å². The molecule has 0 aliphatic heterocycles. The van der Waals surface area contributed by atoms with E-state index in [0.29, 0.717) is 6.47 Å². The zero-order chi connectivity index (χ0) is 3.41. The van der Waals surface area contributed by atoms with Gasteiger partial charge in [-0.2, -0.15) is 0 Å². The summed E-state index contributed by atoms with van der Waals surface area (Å²) in [6.07, 6.45) is 0. The third-order valence-electron chi connectivity index (χ3n) is 0.0556. The SMILES string of the molecule is O=COP.[H-].[H-].[H-].[Na+].[Na+].[Na+].